The van der Waals surface area contributed by atoms with E-state index in [-0.39, 0.29) is 23.9 Å². The molecule has 1 amide bonds. The van der Waals surface area contributed by atoms with Crippen LogP contribution in [-0.4, -0.2) is 61.6 Å². The van der Waals surface area contributed by atoms with Crippen molar-refractivity contribution in [3.05, 3.63) is 0 Å². The number of nitrogens with zero attached hydrogens (tertiary/aromatic N) is 1. The molecule has 0 heterocycles. The summed E-state index contributed by atoms with van der Waals surface area (Å²) < 4.78 is 11.3. The van der Waals surface area contributed by atoms with Crippen molar-refractivity contribution in [2.24, 2.45) is 11.8 Å². The van der Waals surface area contributed by atoms with Gasteiger partial charge < -0.3 is 14.8 Å². The molecule has 0 spiro atoms. The molecule has 0 aromatic rings. The van der Waals surface area contributed by atoms with Gasteiger partial charge in [0, 0.05) is 24.9 Å². The number of likely N-dealkylation sites (N-methyl/N-ethyl adjacent to an activating group) is 1. The zero-order valence-corrected chi connectivity index (χ0v) is 38.5. The van der Waals surface area contributed by atoms with Gasteiger partial charge in [0.25, 0.3) is 0 Å². The second-order valence-corrected chi connectivity index (χ2v) is 17.7. The van der Waals surface area contributed by atoms with Crippen LogP contribution in [-0.2, 0) is 23.9 Å². The molecule has 0 saturated heterocycles. The maximum Gasteiger partial charge on any atom is 0.306 e. The lowest BCUT2D eigenvalue weighted by Gasteiger charge is -2.23. The maximum absolute atomic E-state index is 12.9. The summed E-state index contributed by atoms with van der Waals surface area (Å²) in [7, 11) is 2.02. The van der Waals surface area contributed by atoms with Gasteiger partial charge in [-0.25, -0.2) is 0 Å². The van der Waals surface area contributed by atoms with E-state index in [0.717, 1.165) is 77.0 Å². The normalized spacial score (nSPS) is 11.8. The highest BCUT2D eigenvalue weighted by atomic mass is 16.5. The SMILES string of the molecule is CCCCCC(CCCCC)CC(=O)OCCCCCCCCC(CCCCCCCCOC(=O)CC(CCCCC)CCCCC)NC(=O)CN(C)C(C)C. The molecule has 0 atom stereocenters. The van der Waals surface area contributed by atoms with Crippen molar-refractivity contribution >= 4 is 17.8 Å². The Morgan fingerprint density at radius 1 is 0.464 bits per heavy atom. The average Bonchev–Trinajstić information content (AvgIpc) is 3.16. The molecule has 0 aliphatic carbocycles. The summed E-state index contributed by atoms with van der Waals surface area (Å²) >= 11 is 0. The number of amides is 1. The van der Waals surface area contributed by atoms with Crippen LogP contribution >= 0.6 is 0 Å². The predicted octanol–water partition coefficient (Wildman–Crippen LogP) is 13.7. The number of esters is 2. The van der Waals surface area contributed by atoms with Gasteiger partial charge in [-0.15, -0.1) is 0 Å². The largest absolute Gasteiger partial charge is 0.466 e. The summed E-state index contributed by atoms with van der Waals surface area (Å²) in [6, 6.07) is 0.583. The minimum absolute atomic E-state index is 0.00282. The number of rotatable bonds is 42. The molecule has 0 rings (SSSR count). The Balaban J connectivity index is 4.35. The number of hydrogen-bond acceptors (Lipinski definition) is 6. The average molecular weight is 793 g/mol. The van der Waals surface area contributed by atoms with E-state index in [1.165, 1.54) is 116 Å². The Hall–Kier alpha value is -1.63. The number of ether oxygens (including phenoxy) is 2. The summed E-state index contributed by atoms with van der Waals surface area (Å²) in [6.07, 6.45) is 36.2. The molecular weight excluding hydrogens is 697 g/mol. The number of unbranched alkanes of at least 4 members (excludes halogenated alkanes) is 18. The highest BCUT2D eigenvalue weighted by Gasteiger charge is 2.17. The van der Waals surface area contributed by atoms with Crippen LogP contribution in [0.4, 0.5) is 0 Å². The standard InChI is InChI=1S/C49H96N2O5/c1-8-12-24-32-44(33-25-13-9-2)40-48(53)55-38-30-22-18-16-20-28-36-46(50-47(52)42-51(7)43(5)6)37-29-21-17-19-23-31-39-56-49(54)41-45(34-26-14-10-3)35-27-15-11-4/h43-46H,8-42H2,1-7H3,(H,50,52). The van der Waals surface area contributed by atoms with Gasteiger partial charge in [-0.3, -0.25) is 19.3 Å². The number of carbonyl (C=O) groups excluding carboxylic acids is 3. The van der Waals surface area contributed by atoms with Crippen molar-refractivity contribution in [2.75, 3.05) is 26.8 Å². The minimum Gasteiger partial charge on any atom is -0.466 e. The van der Waals surface area contributed by atoms with Crippen molar-refractivity contribution in [3.63, 3.8) is 0 Å². The topological polar surface area (TPSA) is 84.9 Å². The summed E-state index contributed by atoms with van der Waals surface area (Å²) in [6.45, 7) is 14.8. The van der Waals surface area contributed by atoms with Crippen molar-refractivity contribution in [1.29, 1.82) is 0 Å². The van der Waals surface area contributed by atoms with Gasteiger partial charge in [0.1, 0.15) is 0 Å². The Bertz CT molecular complexity index is 820. The molecule has 332 valence electrons. The molecule has 1 N–H and O–H groups in total. The van der Waals surface area contributed by atoms with Crippen LogP contribution in [0.5, 0.6) is 0 Å². The fourth-order valence-electron chi connectivity index (χ4n) is 7.76. The van der Waals surface area contributed by atoms with E-state index in [2.05, 4.69) is 51.8 Å². The van der Waals surface area contributed by atoms with Crippen LogP contribution in [0, 0.1) is 11.8 Å². The first-order valence-corrected chi connectivity index (χ1v) is 24.5. The van der Waals surface area contributed by atoms with Gasteiger partial charge >= 0.3 is 11.9 Å². The van der Waals surface area contributed by atoms with Crippen molar-refractivity contribution in [3.8, 4) is 0 Å². The monoisotopic (exact) mass is 793 g/mol. The molecule has 0 aromatic heterocycles. The Morgan fingerprint density at radius 2 is 0.786 bits per heavy atom. The van der Waals surface area contributed by atoms with E-state index in [0.29, 0.717) is 50.5 Å². The smallest absolute Gasteiger partial charge is 0.306 e. The van der Waals surface area contributed by atoms with Crippen LogP contribution in [0.15, 0.2) is 0 Å². The number of nitrogens with one attached hydrogen (secondary N) is 1. The quantitative estimate of drug-likeness (QED) is 0.0489. The molecule has 7 heteroatoms. The Kier molecular flexibility index (Phi) is 39.0. The van der Waals surface area contributed by atoms with Crippen molar-refractivity contribution in [1.82, 2.24) is 10.2 Å². The summed E-state index contributed by atoms with van der Waals surface area (Å²) in [5.74, 6) is 1.12. The van der Waals surface area contributed by atoms with E-state index in [1.807, 2.05) is 7.05 Å². The van der Waals surface area contributed by atoms with E-state index in [4.69, 9.17) is 9.47 Å². The molecule has 0 bridgehead atoms. The molecule has 0 aliphatic rings. The van der Waals surface area contributed by atoms with Crippen molar-refractivity contribution in [2.45, 2.75) is 259 Å². The van der Waals surface area contributed by atoms with Gasteiger partial charge in [0.2, 0.25) is 5.91 Å². The van der Waals surface area contributed by atoms with Gasteiger partial charge in [-0.05, 0) is 84.1 Å². The third-order valence-corrected chi connectivity index (χ3v) is 11.8. The third-order valence-electron chi connectivity index (χ3n) is 11.8. The van der Waals surface area contributed by atoms with Crippen molar-refractivity contribution < 1.29 is 23.9 Å². The number of carbonyl (C=O) groups is 3. The van der Waals surface area contributed by atoms with E-state index in [9.17, 15) is 14.4 Å². The zero-order valence-electron chi connectivity index (χ0n) is 38.5. The number of hydrogen-bond donors (Lipinski definition) is 1. The van der Waals surface area contributed by atoms with Crippen LogP contribution in [0.2, 0.25) is 0 Å². The highest BCUT2D eigenvalue weighted by molar-refractivity contribution is 5.78. The van der Waals surface area contributed by atoms with Crippen LogP contribution in [0.25, 0.3) is 0 Å². The van der Waals surface area contributed by atoms with Gasteiger partial charge in [0.15, 0.2) is 0 Å². The second kappa shape index (κ2) is 40.2. The molecule has 0 aromatic carbocycles. The van der Waals surface area contributed by atoms with Gasteiger partial charge in [-0.1, -0.05) is 169 Å². The minimum atomic E-state index is 0.00282. The van der Waals surface area contributed by atoms with Crippen LogP contribution in [0.1, 0.15) is 247 Å². The predicted molar refractivity (Wildman–Crippen MR) is 239 cm³/mol. The van der Waals surface area contributed by atoms with Gasteiger partial charge in [-0.2, -0.15) is 0 Å². The molecule has 0 saturated carbocycles. The fraction of sp³-hybridized carbons (Fsp3) is 0.939. The molecule has 0 radical (unpaired) electrons. The van der Waals surface area contributed by atoms with E-state index >= 15 is 0 Å². The highest BCUT2D eigenvalue weighted by Crippen LogP contribution is 2.23. The molecule has 56 heavy (non-hydrogen) atoms. The molecular formula is C49H96N2O5. The first kappa shape index (κ1) is 54.4. The third kappa shape index (κ3) is 35.5. The Labute approximate surface area is 348 Å². The lowest BCUT2D eigenvalue weighted by molar-refractivity contribution is -0.146. The van der Waals surface area contributed by atoms with E-state index in [1.54, 1.807) is 0 Å². The lowest BCUT2D eigenvalue weighted by Crippen LogP contribution is -2.42. The van der Waals surface area contributed by atoms with Gasteiger partial charge in [0.05, 0.1) is 19.8 Å². The molecule has 7 nitrogen and oxygen atoms in total. The molecule has 0 aliphatic heterocycles. The summed E-state index contributed by atoms with van der Waals surface area (Å²) in [5, 5.41) is 3.37. The Morgan fingerprint density at radius 3 is 1.12 bits per heavy atom. The first-order chi connectivity index (χ1) is 27.2. The summed E-state index contributed by atoms with van der Waals surface area (Å²) in [4.78, 5) is 40.0. The lowest BCUT2D eigenvalue weighted by atomic mass is 9.92. The molecule has 0 fully saturated rings. The van der Waals surface area contributed by atoms with Crippen LogP contribution in [0.3, 0.4) is 0 Å². The fourth-order valence-corrected chi connectivity index (χ4v) is 7.76. The maximum atomic E-state index is 12.9. The first-order valence-electron chi connectivity index (χ1n) is 24.5. The van der Waals surface area contributed by atoms with Crippen LogP contribution < -0.4 is 5.32 Å². The zero-order chi connectivity index (χ0) is 41.5. The van der Waals surface area contributed by atoms with E-state index < -0.39 is 0 Å². The molecule has 0 unspecified atom stereocenters. The summed E-state index contributed by atoms with van der Waals surface area (Å²) in [5.41, 5.74) is 0. The second-order valence-electron chi connectivity index (χ2n) is 17.7.